The minimum atomic E-state index is -0.479. The molecule has 1 saturated heterocycles. The molecule has 7 heteroatoms. The molecule has 1 fully saturated rings. The molecule has 2 heterocycles. The highest BCUT2D eigenvalue weighted by Gasteiger charge is 2.21. The first-order valence-electron chi connectivity index (χ1n) is 7.31. The summed E-state index contributed by atoms with van der Waals surface area (Å²) in [5, 5.41) is 10.2. The summed E-state index contributed by atoms with van der Waals surface area (Å²) < 4.78 is 5.32. The highest BCUT2D eigenvalue weighted by Crippen LogP contribution is 2.18. The summed E-state index contributed by atoms with van der Waals surface area (Å²) >= 11 is 1.57. The van der Waals surface area contributed by atoms with Gasteiger partial charge in [-0.1, -0.05) is 11.3 Å². The van der Waals surface area contributed by atoms with E-state index in [1.807, 2.05) is 20.8 Å². The summed E-state index contributed by atoms with van der Waals surface area (Å²) in [7, 11) is 1.72. The van der Waals surface area contributed by atoms with Crippen molar-refractivity contribution >= 4 is 17.4 Å². The summed E-state index contributed by atoms with van der Waals surface area (Å²) in [6.45, 7) is 9.17. The van der Waals surface area contributed by atoms with Gasteiger partial charge in [-0.25, -0.2) is 4.79 Å². The van der Waals surface area contributed by atoms with E-state index in [1.165, 1.54) is 17.7 Å². The summed E-state index contributed by atoms with van der Waals surface area (Å²) in [4.78, 5) is 15.8. The van der Waals surface area contributed by atoms with Crippen LogP contribution in [0.4, 0.5) is 4.79 Å². The quantitative estimate of drug-likeness (QED) is 0.855. The van der Waals surface area contributed by atoms with Crippen molar-refractivity contribution in [3.63, 3.8) is 0 Å². The molecule has 1 amide bonds. The maximum Gasteiger partial charge on any atom is 0.410 e. The van der Waals surface area contributed by atoms with Crippen LogP contribution in [0.25, 0.3) is 0 Å². The van der Waals surface area contributed by atoms with E-state index < -0.39 is 5.60 Å². The average Bonchev–Trinajstić information content (AvgIpc) is 2.99. The minimum Gasteiger partial charge on any atom is -0.444 e. The molecule has 0 aliphatic carbocycles. The van der Waals surface area contributed by atoms with Gasteiger partial charge in [0.15, 0.2) is 0 Å². The molecule has 1 aromatic heterocycles. The summed E-state index contributed by atoms with van der Waals surface area (Å²) in [6.07, 6.45) is 2.21. The molecule has 0 bridgehead atoms. The number of likely N-dealkylation sites (tertiary alicyclic amines) is 1. The Bertz CT molecular complexity index is 478. The lowest BCUT2D eigenvalue weighted by Crippen LogP contribution is -2.33. The van der Waals surface area contributed by atoms with Gasteiger partial charge in [-0.2, -0.15) is 0 Å². The Hall–Kier alpha value is -1.21. The maximum absolute atomic E-state index is 11.9. The first kappa shape index (κ1) is 16.2. The number of aromatic nitrogens is 2. The second-order valence-electron chi connectivity index (χ2n) is 6.41. The summed E-state index contributed by atoms with van der Waals surface area (Å²) in [5.41, 5.74) is -0.479. The van der Waals surface area contributed by atoms with Crippen LogP contribution in [-0.2, 0) is 17.8 Å². The van der Waals surface area contributed by atoms with Crippen molar-refractivity contribution in [1.29, 1.82) is 0 Å². The van der Waals surface area contributed by atoms with Crippen LogP contribution in [0.3, 0.4) is 0 Å². The molecule has 1 aliphatic rings. The third-order valence-electron chi connectivity index (χ3n) is 3.14. The van der Waals surface area contributed by atoms with Crippen LogP contribution in [-0.4, -0.2) is 51.8 Å². The first-order valence-corrected chi connectivity index (χ1v) is 8.13. The van der Waals surface area contributed by atoms with Gasteiger partial charge in [0.25, 0.3) is 0 Å². The molecule has 1 aromatic rings. The standard InChI is InChI=1S/C14H24N4O2S/c1-14(2,3)20-13(19)17(4)9-11-15-16-12(21-11)10-18-7-5-6-8-18/h5-10H2,1-4H3. The Kier molecular flexibility index (Phi) is 5.16. The smallest absolute Gasteiger partial charge is 0.410 e. The zero-order chi connectivity index (χ0) is 15.5. The van der Waals surface area contributed by atoms with E-state index in [1.54, 1.807) is 18.4 Å². The molecule has 2 rings (SSSR count). The van der Waals surface area contributed by atoms with Crippen molar-refractivity contribution in [2.75, 3.05) is 20.1 Å². The first-order chi connectivity index (χ1) is 9.83. The topological polar surface area (TPSA) is 58.6 Å². The molecule has 0 N–H and O–H groups in total. The van der Waals surface area contributed by atoms with Gasteiger partial charge in [0.1, 0.15) is 15.6 Å². The number of carbonyl (C=O) groups excluding carboxylic acids is 1. The fourth-order valence-corrected chi connectivity index (χ4v) is 3.10. The van der Waals surface area contributed by atoms with Gasteiger partial charge in [0, 0.05) is 7.05 Å². The third kappa shape index (κ3) is 5.24. The van der Waals surface area contributed by atoms with Crippen molar-refractivity contribution in [3.8, 4) is 0 Å². The SMILES string of the molecule is CN(Cc1nnc(CN2CCCC2)s1)C(=O)OC(C)(C)C. The molecule has 1 aliphatic heterocycles. The molecule has 6 nitrogen and oxygen atoms in total. The third-order valence-corrected chi connectivity index (χ3v) is 4.04. The van der Waals surface area contributed by atoms with Gasteiger partial charge in [0.2, 0.25) is 0 Å². The van der Waals surface area contributed by atoms with Gasteiger partial charge in [-0.05, 0) is 46.7 Å². The van der Waals surface area contributed by atoms with Crippen LogP contribution in [0.5, 0.6) is 0 Å². The number of nitrogens with zero attached hydrogens (tertiary/aromatic N) is 4. The second-order valence-corrected chi connectivity index (χ2v) is 7.56. The van der Waals surface area contributed by atoms with E-state index in [4.69, 9.17) is 4.74 Å². The van der Waals surface area contributed by atoms with E-state index in [2.05, 4.69) is 15.1 Å². The average molecular weight is 312 g/mol. The van der Waals surface area contributed by atoms with Crippen molar-refractivity contribution in [2.24, 2.45) is 0 Å². The summed E-state index contributed by atoms with van der Waals surface area (Å²) in [5.74, 6) is 0. The molecular formula is C14H24N4O2S. The van der Waals surface area contributed by atoms with Crippen LogP contribution < -0.4 is 0 Å². The van der Waals surface area contributed by atoms with E-state index in [-0.39, 0.29) is 6.09 Å². The largest absolute Gasteiger partial charge is 0.444 e. The Labute approximate surface area is 130 Å². The van der Waals surface area contributed by atoms with Crippen LogP contribution in [0.2, 0.25) is 0 Å². The zero-order valence-corrected chi connectivity index (χ0v) is 14.1. The van der Waals surface area contributed by atoms with Crippen LogP contribution >= 0.6 is 11.3 Å². The van der Waals surface area contributed by atoms with E-state index in [0.29, 0.717) is 6.54 Å². The van der Waals surface area contributed by atoms with Crippen LogP contribution in [0.1, 0.15) is 43.6 Å². The minimum absolute atomic E-state index is 0.334. The van der Waals surface area contributed by atoms with Gasteiger partial charge in [-0.3, -0.25) is 4.90 Å². The Morgan fingerprint density at radius 3 is 2.52 bits per heavy atom. The Balaban J connectivity index is 1.85. The number of ether oxygens (including phenoxy) is 1. The predicted octanol–water partition coefficient (Wildman–Crippen LogP) is 2.50. The fourth-order valence-electron chi connectivity index (χ4n) is 2.16. The van der Waals surface area contributed by atoms with Crippen molar-refractivity contribution < 1.29 is 9.53 Å². The van der Waals surface area contributed by atoms with Gasteiger partial charge >= 0.3 is 6.09 Å². The molecule has 0 radical (unpaired) electrons. The van der Waals surface area contributed by atoms with E-state index in [9.17, 15) is 4.79 Å². The number of hydrogen-bond donors (Lipinski definition) is 0. The second kappa shape index (κ2) is 6.70. The number of rotatable bonds is 4. The van der Waals surface area contributed by atoms with E-state index in [0.717, 1.165) is 29.6 Å². The molecule has 0 aromatic carbocycles. The normalized spacial score (nSPS) is 16.2. The lowest BCUT2D eigenvalue weighted by atomic mass is 10.2. The van der Waals surface area contributed by atoms with Crippen molar-refractivity contribution in [2.45, 2.75) is 52.3 Å². The van der Waals surface area contributed by atoms with E-state index >= 15 is 0 Å². The Morgan fingerprint density at radius 2 is 1.90 bits per heavy atom. The number of carbonyl (C=O) groups is 1. The predicted molar refractivity (Wildman–Crippen MR) is 82.1 cm³/mol. The van der Waals surface area contributed by atoms with Gasteiger partial charge < -0.3 is 9.64 Å². The molecule has 21 heavy (non-hydrogen) atoms. The zero-order valence-electron chi connectivity index (χ0n) is 13.3. The fraction of sp³-hybridized carbons (Fsp3) is 0.786. The summed E-state index contributed by atoms with van der Waals surface area (Å²) in [6, 6.07) is 0. The van der Waals surface area contributed by atoms with Crippen molar-refractivity contribution in [3.05, 3.63) is 10.0 Å². The molecule has 118 valence electrons. The highest BCUT2D eigenvalue weighted by molar-refractivity contribution is 7.11. The van der Waals surface area contributed by atoms with Crippen LogP contribution in [0.15, 0.2) is 0 Å². The molecule has 0 saturated carbocycles. The Morgan fingerprint density at radius 1 is 1.29 bits per heavy atom. The number of hydrogen-bond acceptors (Lipinski definition) is 6. The maximum atomic E-state index is 11.9. The molecule has 0 unspecified atom stereocenters. The van der Waals surface area contributed by atoms with Crippen LogP contribution in [0, 0.1) is 0 Å². The van der Waals surface area contributed by atoms with Gasteiger partial charge in [-0.15, -0.1) is 10.2 Å². The van der Waals surface area contributed by atoms with Crippen molar-refractivity contribution in [1.82, 2.24) is 20.0 Å². The highest BCUT2D eigenvalue weighted by atomic mass is 32.1. The lowest BCUT2D eigenvalue weighted by Gasteiger charge is -2.23. The molecule has 0 spiro atoms. The number of amides is 1. The molecule has 0 atom stereocenters. The lowest BCUT2D eigenvalue weighted by molar-refractivity contribution is 0.0285. The molecular weight excluding hydrogens is 288 g/mol. The monoisotopic (exact) mass is 312 g/mol. The van der Waals surface area contributed by atoms with Gasteiger partial charge in [0.05, 0.1) is 13.1 Å².